The standard InChI is InChI=1S/C20H38N4O3/c1-5-27-19(25)17-7-6-8-24(15-17)20(21-4)22-14-18(13-16(2)3)23-9-11-26-12-10-23/h16-18H,5-15H2,1-4H3,(H,21,22). The highest BCUT2D eigenvalue weighted by Crippen LogP contribution is 2.18. The van der Waals surface area contributed by atoms with Gasteiger partial charge in [-0.3, -0.25) is 14.7 Å². The monoisotopic (exact) mass is 382 g/mol. The Morgan fingerprint density at radius 3 is 2.67 bits per heavy atom. The van der Waals surface area contributed by atoms with E-state index >= 15 is 0 Å². The van der Waals surface area contributed by atoms with Crippen LogP contribution in [0.2, 0.25) is 0 Å². The first-order chi connectivity index (χ1) is 13.0. The van der Waals surface area contributed by atoms with E-state index in [0.717, 1.165) is 64.6 Å². The van der Waals surface area contributed by atoms with Crippen molar-refractivity contribution in [1.82, 2.24) is 15.1 Å². The highest BCUT2D eigenvalue weighted by molar-refractivity contribution is 5.81. The number of morpholine rings is 1. The fourth-order valence-electron chi connectivity index (χ4n) is 4.01. The minimum absolute atomic E-state index is 0.0528. The Kier molecular flexibility index (Phi) is 9.34. The van der Waals surface area contributed by atoms with E-state index < -0.39 is 0 Å². The third kappa shape index (κ3) is 6.96. The van der Waals surface area contributed by atoms with Gasteiger partial charge < -0.3 is 19.7 Å². The molecule has 2 aliphatic heterocycles. The summed E-state index contributed by atoms with van der Waals surface area (Å²) in [5, 5.41) is 3.57. The number of carbonyl (C=O) groups excluding carboxylic acids is 1. The van der Waals surface area contributed by atoms with Gasteiger partial charge in [-0.05, 0) is 32.1 Å². The van der Waals surface area contributed by atoms with Crippen molar-refractivity contribution in [1.29, 1.82) is 0 Å². The predicted molar refractivity (Wildman–Crippen MR) is 108 cm³/mol. The zero-order valence-corrected chi connectivity index (χ0v) is 17.6. The van der Waals surface area contributed by atoms with Gasteiger partial charge in [-0.2, -0.15) is 0 Å². The number of guanidine groups is 1. The number of rotatable bonds is 7. The van der Waals surface area contributed by atoms with Crippen molar-refractivity contribution in [2.75, 3.05) is 59.6 Å². The molecule has 0 spiro atoms. The van der Waals surface area contributed by atoms with Crippen LogP contribution in [-0.2, 0) is 14.3 Å². The third-order valence-corrected chi connectivity index (χ3v) is 5.35. The molecule has 2 rings (SSSR count). The number of esters is 1. The first kappa shape index (κ1) is 22.0. The SMILES string of the molecule is CCOC(=O)C1CCCN(C(=NC)NCC(CC(C)C)N2CCOCC2)C1. The molecule has 0 radical (unpaired) electrons. The van der Waals surface area contributed by atoms with Crippen molar-refractivity contribution in [2.24, 2.45) is 16.8 Å². The van der Waals surface area contributed by atoms with Crippen LogP contribution in [0.1, 0.15) is 40.0 Å². The van der Waals surface area contributed by atoms with Crippen molar-refractivity contribution in [3.05, 3.63) is 0 Å². The highest BCUT2D eigenvalue weighted by Gasteiger charge is 2.29. The van der Waals surface area contributed by atoms with E-state index in [1.807, 2.05) is 14.0 Å². The normalized spacial score (nSPS) is 23.4. The van der Waals surface area contributed by atoms with E-state index in [-0.39, 0.29) is 11.9 Å². The van der Waals surface area contributed by atoms with Crippen LogP contribution in [0, 0.1) is 11.8 Å². The lowest BCUT2D eigenvalue weighted by atomic mass is 9.98. The maximum atomic E-state index is 12.1. The molecule has 2 saturated heterocycles. The molecule has 0 aromatic heterocycles. The van der Waals surface area contributed by atoms with Crippen LogP contribution in [0.4, 0.5) is 0 Å². The molecule has 0 bridgehead atoms. The average Bonchev–Trinajstić information content (AvgIpc) is 2.68. The number of hydrogen-bond donors (Lipinski definition) is 1. The lowest BCUT2D eigenvalue weighted by molar-refractivity contribution is -0.149. The van der Waals surface area contributed by atoms with Gasteiger partial charge in [0.05, 0.1) is 25.7 Å². The number of hydrogen-bond acceptors (Lipinski definition) is 5. The first-order valence-corrected chi connectivity index (χ1v) is 10.5. The van der Waals surface area contributed by atoms with Crippen LogP contribution in [0.5, 0.6) is 0 Å². The maximum Gasteiger partial charge on any atom is 0.310 e. The van der Waals surface area contributed by atoms with Gasteiger partial charge in [-0.25, -0.2) is 0 Å². The molecule has 2 fully saturated rings. The number of aliphatic imine (C=N–C) groups is 1. The fourth-order valence-corrected chi connectivity index (χ4v) is 4.01. The molecule has 2 heterocycles. The minimum atomic E-state index is -0.0799. The summed E-state index contributed by atoms with van der Waals surface area (Å²) < 4.78 is 10.7. The second-order valence-corrected chi connectivity index (χ2v) is 7.90. The number of likely N-dealkylation sites (tertiary alicyclic amines) is 1. The maximum absolute atomic E-state index is 12.1. The Bertz CT molecular complexity index is 478. The van der Waals surface area contributed by atoms with E-state index in [4.69, 9.17) is 9.47 Å². The van der Waals surface area contributed by atoms with Gasteiger partial charge >= 0.3 is 5.97 Å². The number of nitrogens with zero attached hydrogens (tertiary/aromatic N) is 3. The van der Waals surface area contributed by atoms with Crippen LogP contribution in [0.15, 0.2) is 4.99 Å². The number of piperidine rings is 1. The van der Waals surface area contributed by atoms with Gasteiger partial charge in [0, 0.05) is 45.8 Å². The van der Waals surface area contributed by atoms with Gasteiger partial charge in [-0.1, -0.05) is 13.8 Å². The average molecular weight is 383 g/mol. The highest BCUT2D eigenvalue weighted by atomic mass is 16.5. The lowest BCUT2D eigenvalue weighted by Crippen LogP contribution is -2.53. The molecule has 2 aliphatic rings. The molecule has 0 amide bonds. The Hall–Kier alpha value is -1.34. The summed E-state index contributed by atoms with van der Waals surface area (Å²) in [7, 11) is 1.82. The fraction of sp³-hybridized carbons (Fsp3) is 0.900. The largest absolute Gasteiger partial charge is 0.466 e. The van der Waals surface area contributed by atoms with Gasteiger partial charge in [0.15, 0.2) is 5.96 Å². The van der Waals surface area contributed by atoms with Crippen molar-refractivity contribution in [3.63, 3.8) is 0 Å². The molecule has 0 aliphatic carbocycles. The molecular weight excluding hydrogens is 344 g/mol. The number of ether oxygens (including phenoxy) is 2. The van der Waals surface area contributed by atoms with Gasteiger partial charge in [-0.15, -0.1) is 0 Å². The quantitative estimate of drug-likeness (QED) is 0.410. The summed E-state index contributed by atoms with van der Waals surface area (Å²) in [6.07, 6.45) is 3.04. The first-order valence-electron chi connectivity index (χ1n) is 10.5. The summed E-state index contributed by atoms with van der Waals surface area (Å²) in [6.45, 7) is 13.0. The molecule has 1 N–H and O–H groups in total. The van der Waals surface area contributed by atoms with Crippen LogP contribution < -0.4 is 5.32 Å². The summed E-state index contributed by atoms with van der Waals surface area (Å²) in [5.41, 5.74) is 0. The zero-order chi connectivity index (χ0) is 19.6. The van der Waals surface area contributed by atoms with E-state index in [0.29, 0.717) is 25.1 Å². The predicted octanol–water partition coefficient (Wildman–Crippen LogP) is 1.58. The van der Waals surface area contributed by atoms with E-state index in [1.165, 1.54) is 0 Å². The van der Waals surface area contributed by atoms with Crippen LogP contribution in [0.25, 0.3) is 0 Å². The Morgan fingerprint density at radius 2 is 2.04 bits per heavy atom. The van der Waals surface area contributed by atoms with Crippen molar-refractivity contribution < 1.29 is 14.3 Å². The molecule has 7 nitrogen and oxygen atoms in total. The van der Waals surface area contributed by atoms with Crippen LogP contribution in [-0.4, -0.2) is 87.4 Å². The molecule has 0 saturated carbocycles. The Labute approximate surface area is 164 Å². The smallest absolute Gasteiger partial charge is 0.310 e. The summed E-state index contributed by atoms with van der Waals surface area (Å²) in [6, 6.07) is 0.469. The third-order valence-electron chi connectivity index (χ3n) is 5.35. The summed E-state index contributed by atoms with van der Waals surface area (Å²) in [5.74, 6) is 1.41. The van der Waals surface area contributed by atoms with E-state index in [9.17, 15) is 4.79 Å². The Morgan fingerprint density at radius 1 is 1.30 bits per heavy atom. The van der Waals surface area contributed by atoms with Crippen molar-refractivity contribution >= 4 is 11.9 Å². The van der Waals surface area contributed by atoms with Crippen molar-refractivity contribution in [2.45, 2.75) is 46.1 Å². The lowest BCUT2D eigenvalue weighted by Gasteiger charge is -2.38. The number of carbonyl (C=O) groups is 1. The molecule has 0 aromatic rings. The van der Waals surface area contributed by atoms with Gasteiger partial charge in [0.1, 0.15) is 0 Å². The number of nitrogens with one attached hydrogen (secondary N) is 1. The minimum Gasteiger partial charge on any atom is -0.466 e. The zero-order valence-electron chi connectivity index (χ0n) is 17.6. The van der Waals surface area contributed by atoms with Crippen LogP contribution in [0.3, 0.4) is 0 Å². The molecule has 27 heavy (non-hydrogen) atoms. The van der Waals surface area contributed by atoms with Crippen LogP contribution >= 0.6 is 0 Å². The summed E-state index contributed by atoms with van der Waals surface area (Å²) >= 11 is 0. The molecule has 2 atom stereocenters. The molecule has 7 heteroatoms. The van der Waals surface area contributed by atoms with Crippen molar-refractivity contribution in [3.8, 4) is 0 Å². The van der Waals surface area contributed by atoms with Gasteiger partial charge in [0.25, 0.3) is 0 Å². The van der Waals surface area contributed by atoms with Gasteiger partial charge in [0.2, 0.25) is 0 Å². The second-order valence-electron chi connectivity index (χ2n) is 7.90. The Balaban J connectivity index is 1.92. The molecular formula is C20H38N4O3. The topological polar surface area (TPSA) is 66.4 Å². The van der Waals surface area contributed by atoms with E-state index in [1.54, 1.807) is 0 Å². The van der Waals surface area contributed by atoms with E-state index in [2.05, 4.69) is 34.0 Å². The second kappa shape index (κ2) is 11.5. The molecule has 156 valence electrons. The summed E-state index contributed by atoms with van der Waals surface area (Å²) in [4.78, 5) is 21.3. The molecule has 2 unspecified atom stereocenters. The molecule has 0 aromatic carbocycles.